The zero-order chi connectivity index (χ0) is 24.9. The zero-order valence-electron chi connectivity index (χ0n) is 18.5. The molecular weight excluding hydrogens is 472 g/mol. The third-order valence-corrected chi connectivity index (χ3v) is 5.83. The highest BCUT2D eigenvalue weighted by Gasteiger charge is 2.36. The summed E-state index contributed by atoms with van der Waals surface area (Å²) in [5, 5.41) is 11.2. The number of furan rings is 1. The average molecular weight is 493 g/mol. The van der Waals surface area contributed by atoms with E-state index in [-0.39, 0.29) is 10.5 Å². The molecule has 2 N–H and O–H groups in total. The van der Waals surface area contributed by atoms with Gasteiger partial charge in [0.2, 0.25) is 5.91 Å². The van der Waals surface area contributed by atoms with Gasteiger partial charge in [-0.25, -0.2) is 4.79 Å². The summed E-state index contributed by atoms with van der Waals surface area (Å²) in [4.78, 5) is 49.6. The van der Waals surface area contributed by atoms with Crippen molar-refractivity contribution in [3.8, 4) is 17.1 Å². The summed E-state index contributed by atoms with van der Waals surface area (Å²) in [6.07, 6.45) is 1.42. The molecule has 2 aromatic carbocycles. The van der Waals surface area contributed by atoms with Crippen LogP contribution in [-0.2, 0) is 9.59 Å². The van der Waals surface area contributed by atoms with Crippen LogP contribution in [0.15, 0.2) is 70.0 Å². The predicted molar refractivity (Wildman–Crippen MR) is 130 cm³/mol. The standard InChI is InChI=1S/C25H20N2O7S/c1-2-33-18-8-6-17(7-9-18)26-22(28)14-27-23(29)21(35-25(27)32)13-19-10-11-20(34-19)15-4-3-5-16(12-15)24(30)31/h3-13H,2,14H2,1H3,(H,26,28)(H,30,31)/b21-13-. The number of carboxylic acid groups (broad SMARTS) is 1. The van der Waals surface area contributed by atoms with Gasteiger partial charge in [0.15, 0.2) is 0 Å². The Bertz CT molecular complexity index is 1330. The molecule has 35 heavy (non-hydrogen) atoms. The van der Waals surface area contributed by atoms with Gasteiger partial charge in [-0.15, -0.1) is 0 Å². The fraction of sp³-hybridized carbons (Fsp3) is 0.120. The number of anilines is 1. The van der Waals surface area contributed by atoms with Gasteiger partial charge >= 0.3 is 5.97 Å². The van der Waals surface area contributed by atoms with Crippen molar-refractivity contribution in [2.75, 3.05) is 18.5 Å². The quantitative estimate of drug-likeness (QED) is 0.433. The molecule has 1 aliphatic heterocycles. The normalized spacial score (nSPS) is 14.4. The molecule has 178 valence electrons. The highest BCUT2D eigenvalue weighted by molar-refractivity contribution is 8.18. The van der Waals surface area contributed by atoms with Gasteiger partial charge in [-0.05, 0) is 67.2 Å². The molecule has 3 aromatic rings. The van der Waals surface area contributed by atoms with Crippen LogP contribution in [0.25, 0.3) is 17.4 Å². The molecule has 0 aliphatic carbocycles. The van der Waals surface area contributed by atoms with E-state index >= 15 is 0 Å². The number of hydrogen-bond acceptors (Lipinski definition) is 7. The molecule has 0 unspecified atom stereocenters. The van der Waals surface area contributed by atoms with Gasteiger partial charge in [0, 0.05) is 17.3 Å². The minimum Gasteiger partial charge on any atom is -0.494 e. The number of imide groups is 1. The van der Waals surface area contributed by atoms with Gasteiger partial charge in [0.05, 0.1) is 17.1 Å². The summed E-state index contributed by atoms with van der Waals surface area (Å²) in [5.74, 6) is -0.793. The summed E-state index contributed by atoms with van der Waals surface area (Å²) in [5.41, 5.74) is 1.18. The van der Waals surface area contributed by atoms with E-state index < -0.39 is 29.6 Å². The van der Waals surface area contributed by atoms with E-state index in [0.717, 1.165) is 4.90 Å². The number of rotatable bonds is 8. The number of amides is 3. The van der Waals surface area contributed by atoms with Crippen molar-refractivity contribution in [2.45, 2.75) is 6.92 Å². The lowest BCUT2D eigenvalue weighted by molar-refractivity contribution is -0.127. The number of carbonyl (C=O) groups is 4. The van der Waals surface area contributed by atoms with Crippen molar-refractivity contribution in [1.29, 1.82) is 0 Å². The number of thioether (sulfide) groups is 1. The first-order chi connectivity index (χ1) is 16.8. The van der Waals surface area contributed by atoms with Gasteiger partial charge in [-0.2, -0.15) is 0 Å². The first kappa shape index (κ1) is 23.8. The summed E-state index contributed by atoms with van der Waals surface area (Å²) in [6.45, 7) is 1.96. The maximum Gasteiger partial charge on any atom is 0.335 e. The van der Waals surface area contributed by atoms with Crippen molar-refractivity contribution >= 4 is 46.5 Å². The Kier molecular flexibility index (Phi) is 7.02. The lowest BCUT2D eigenvalue weighted by Gasteiger charge is -2.12. The molecule has 2 heterocycles. The monoisotopic (exact) mass is 492 g/mol. The smallest absolute Gasteiger partial charge is 0.335 e. The van der Waals surface area contributed by atoms with Crippen LogP contribution in [0, 0.1) is 0 Å². The van der Waals surface area contributed by atoms with E-state index in [9.17, 15) is 19.2 Å². The lowest BCUT2D eigenvalue weighted by atomic mass is 10.1. The molecule has 10 heteroatoms. The van der Waals surface area contributed by atoms with Crippen molar-refractivity contribution in [1.82, 2.24) is 4.90 Å². The van der Waals surface area contributed by atoms with Gasteiger partial charge < -0.3 is 19.6 Å². The van der Waals surface area contributed by atoms with E-state index in [1.165, 1.54) is 18.2 Å². The molecule has 3 amide bonds. The van der Waals surface area contributed by atoms with Crippen LogP contribution in [0.3, 0.4) is 0 Å². The fourth-order valence-electron chi connectivity index (χ4n) is 3.30. The Morgan fingerprint density at radius 1 is 1.11 bits per heavy atom. The van der Waals surface area contributed by atoms with E-state index in [1.807, 2.05) is 6.92 Å². The molecule has 1 fully saturated rings. The Balaban J connectivity index is 1.42. The molecule has 0 atom stereocenters. The second-order valence-corrected chi connectivity index (χ2v) is 8.35. The first-order valence-electron chi connectivity index (χ1n) is 10.6. The largest absolute Gasteiger partial charge is 0.494 e. The second-order valence-electron chi connectivity index (χ2n) is 7.36. The number of nitrogens with one attached hydrogen (secondary N) is 1. The molecular formula is C25H20N2O7S. The molecule has 1 saturated heterocycles. The molecule has 0 radical (unpaired) electrons. The van der Waals surface area contributed by atoms with Crippen molar-refractivity contribution in [3.63, 3.8) is 0 Å². The number of carbonyl (C=O) groups excluding carboxylic acids is 3. The summed E-state index contributed by atoms with van der Waals surface area (Å²) in [7, 11) is 0. The van der Waals surface area contributed by atoms with Gasteiger partial charge in [-0.1, -0.05) is 12.1 Å². The van der Waals surface area contributed by atoms with Crippen molar-refractivity contribution in [2.24, 2.45) is 0 Å². The average Bonchev–Trinajstić information content (AvgIpc) is 3.41. The predicted octanol–water partition coefficient (Wildman–Crippen LogP) is 4.72. The lowest BCUT2D eigenvalue weighted by Crippen LogP contribution is -2.36. The molecule has 1 aliphatic rings. The molecule has 9 nitrogen and oxygen atoms in total. The van der Waals surface area contributed by atoms with Crippen LogP contribution in [0.2, 0.25) is 0 Å². The molecule has 4 rings (SSSR count). The van der Waals surface area contributed by atoms with E-state index in [4.69, 9.17) is 14.3 Å². The van der Waals surface area contributed by atoms with Crippen LogP contribution in [0.5, 0.6) is 5.75 Å². The third kappa shape index (κ3) is 5.61. The Labute approximate surface area is 204 Å². The number of carboxylic acids is 1. The maximum absolute atomic E-state index is 12.7. The van der Waals surface area contributed by atoms with E-state index in [1.54, 1.807) is 48.5 Å². The minimum absolute atomic E-state index is 0.115. The SMILES string of the molecule is CCOc1ccc(NC(=O)CN2C(=O)S/C(=C\c3ccc(-c4cccc(C(=O)O)c4)o3)C2=O)cc1. The third-order valence-electron chi connectivity index (χ3n) is 4.92. The van der Waals surface area contributed by atoms with Crippen LogP contribution < -0.4 is 10.1 Å². The Morgan fingerprint density at radius 2 is 1.89 bits per heavy atom. The minimum atomic E-state index is -1.06. The molecule has 0 spiro atoms. The highest BCUT2D eigenvalue weighted by Crippen LogP contribution is 2.33. The topological polar surface area (TPSA) is 126 Å². The zero-order valence-corrected chi connectivity index (χ0v) is 19.3. The van der Waals surface area contributed by atoms with Crippen molar-refractivity contribution < 1.29 is 33.4 Å². The highest BCUT2D eigenvalue weighted by atomic mass is 32.2. The van der Waals surface area contributed by atoms with E-state index in [0.29, 0.717) is 46.9 Å². The maximum atomic E-state index is 12.7. The second kappa shape index (κ2) is 10.3. The molecule has 1 aromatic heterocycles. The van der Waals surface area contributed by atoms with Crippen LogP contribution >= 0.6 is 11.8 Å². The molecule has 0 saturated carbocycles. The van der Waals surface area contributed by atoms with E-state index in [2.05, 4.69) is 5.32 Å². The van der Waals surface area contributed by atoms with Crippen molar-refractivity contribution in [3.05, 3.63) is 76.9 Å². The van der Waals surface area contributed by atoms with Crippen LogP contribution in [-0.4, -0.2) is 46.2 Å². The van der Waals surface area contributed by atoms with Gasteiger partial charge in [0.1, 0.15) is 23.8 Å². The Hall–Kier alpha value is -4.31. The fourth-order valence-corrected chi connectivity index (χ4v) is 4.12. The number of hydrogen-bond donors (Lipinski definition) is 2. The number of ether oxygens (including phenoxy) is 1. The first-order valence-corrected chi connectivity index (χ1v) is 11.4. The summed E-state index contributed by atoms with van der Waals surface area (Å²) >= 11 is 0.708. The van der Waals surface area contributed by atoms with Crippen LogP contribution in [0.1, 0.15) is 23.0 Å². The number of nitrogens with zero attached hydrogens (tertiary/aromatic N) is 1. The summed E-state index contributed by atoms with van der Waals surface area (Å²) in [6, 6.07) is 16.2. The summed E-state index contributed by atoms with van der Waals surface area (Å²) < 4.78 is 11.1. The van der Waals surface area contributed by atoms with Gasteiger partial charge in [-0.3, -0.25) is 19.3 Å². The Morgan fingerprint density at radius 3 is 2.60 bits per heavy atom. The van der Waals surface area contributed by atoms with Gasteiger partial charge in [0.25, 0.3) is 11.1 Å². The van der Waals surface area contributed by atoms with Crippen LogP contribution in [0.4, 0.5) is 10.5 Å². The number of benzene rings is 2. The number of aromatic carboxylic acids is 1. The molecule has 0 bridgehead atoms.